The van der Waals surface area contributed by atoms with E-state index in [-0.39, 0.29) is 0 Å². The molecule has 0 bridgehead atoms. The van der Waals surface area contributed by atoms with Crippen LogP contribution in [0.1, 0.15) is 22.3 Å². The van der Waals surface area contributed by atoms with Gasteiger partial charge in [0.05, 0.1) is 19.6 Å². The van der Waals surface area contributed by atoms with Crippen LogP contribution in [0.15, 0.2) is 170 Å². The number of nitrogens with zero attached hydrogens (tertiary/aromatic N) is 2. The minimum atomic E-state index is -0.637. The van der Waals surface area contributed by atoms with Crippen molar-refractivity contribution in [3.63, 3.8) is 0 Å². The average molecular weight is 737 g/mol. The third kappa shape index (κ3) is 4.74. The molecule has 0 N–H and O–H groups in total. The van der Waals surface area contributed by atoms with Gasteiger partial charge in [-0.3, -0.25) is 0 Å². The molecule has 0 amide bonds. The van der Waals surface area contributed by atoms with Gasteiger partial charge in [0.25, 0.3) is 0 Å². The molecule has 274 valence electrons. The lowest BCUT2D eigenvalue weighted by Crippen LogP contribution is -2.28. The van der Waals surface area contributed by atoms with Gasteiger partial charge in [-0.25, -0.2) is 0 Å². The maximum atomic E-state index is 5.71. The Labute approximate surface area is 331 Å². The molecule has 0 fully saturated rings. The first-order valence-corrected chi connectivity index (χ1v) is 19.5. The Balaban J connectivity index is 1.17. The zero-order chi connectivity index (χ0) is 38.4. The van der Waals surface area contributed by atoms with Crippen molar-refractivity contribution < 1.29 is 9.47 Å². The van der Waals surface area contributed by atoms with Crippen LogP contribution >= 0.6 is 0 Å². The summed E-state index contributed by atoms with van der Waals surface area (Å²) in [6.07, 6.45) is 0. The van der Waals surface area contributed by atoms with Crippen molar-refractivity contribution in [3.8, 4) is 44.9 Å². The van der Waals surface area contributed by atoms with Crippen LogP contribution < -0.4 is 9.47 Å². The van der Waals surface area contributed by atoms with Gasteiger partial charge in [0.2, 0.25) is 0 Å². The maximum absolute atomic E-state index is 5.71. The van der Waals surface area contributed by atoms with E-state index in [9.17, 15) is 0 Å². The molecule has 10 aromatic rings. The van der Waals surface area contributed by atoms with Gasteiger partial charge in [-0.05, 0) is 128 Å². The smallest absolute Gasteiger partial charge is 0.118 e. The Morgan fingerprint density at radius 1 is 0.368 bits per heavy atom. The van der Waals surface area contributed by atoms with E-state index >= 15 is 0 Å². The van der Waals surface area contributed by atoms with Gasteiger partial charge in [0.15, 0.2) is 0 Å². The summed E-state index contributed by atoms with van der Waals surface area (Å²) in [5.41, 5.74) is 16.4. The number of ether oxygens (including phenoxy) is 2. The number of hydrogen-bond acceptors (Lipinski definition) is 2. The lowest BCUT2D eigenvalue weighted by atomic mass is 9.67. The van der Waals surface area contributed by atoms with Gasteiger partial charge >= 0.3 is 0 Å². The first-order valence-electron chi connectivity index (χ1n) is 19.5. The maximum Gasteiger partial charge on any atom is 0.118 e. The third-order valence-electron chi connectivity index (χ3n) is 12.7. The second kappa shape index (κ2) is 12.5. The summed E-state index contributed by atoms with van der Waals surface area (Å²) in [7, 11) is 7.77. The molecule has 2 aromatic heterocycles. The second-order valence-corrected chi connectivity index (χ2v) is 15.3. The highest BCUT2D eigenvalue weighted by Crippen LogP contribution is 2.58. The van der Waals surface area contributed by atoms with Crippen LogP contribution in [0.2, 0.25) is 0 Å². The van der Waals surface area contributed by atoms with Crippen molar-refractivity contribution in [3.05, 3.63) is 192 Å². The van der Waals surface area contributed by atoms with Crippen LogP contribution in [0, 0.1) is 0 Å². The minimum absolute atomic E-state index is 0.637. The van der Waals surface area contributed by atoms with Crippen LogP contribution in [0.25, 0.3) is 77.0 Å². The van der Waals surface area contributed by atoms with Gasteiger partial charge in [0, 0.05) is 57.7 Å². The molecule has 0 radical (unpaired) electrons. The third-order valence-corrected chi connectivity index (χ3v) is 12.7. The number of benzene rings is 8. The highest BCUT2D eigenvalue weighted by Gasteiger charge is 2.46. The highest BCUT2D eigenvalue weighted by molar-refractivity contribution is 6.10. The molecule has 1 aliphatic rings. The quantitative estimate of drug-likeness (QED) is 0.170. The average Bonchev–Trinajstić information content (AvgIpc) is 3.85. The molecule has 4 nitrogen and oxygen atoms in total. The molecular formula is C53H40N2O2. The van der Waals surface area contributed by atoms with E-state index in [1.54, 1.807) is 14.2 Å². The molecule has 0 spiro atoms. The molecule has 0 atom stereocenters. The van der Waals surface area contributed by atoms with E-state index in [1.807, 2.05) is 0 Å². The van der Waals surface area contributed by atoms with E-state index in [0.29, 0.717) is 0 Å². The zero-order valence-corrected chi connectivity index (χ0v) is 32.4. The number of fused-ring (bicyclic) bond motifs is 9. The molecule has 57 heavy (non-hydrogen) atoms. The normalized spacial score (nSPS) is 13.1. The molecule has 4 heteroatoms. The van der Waals surface area contributed by atoms with E-state index in [4.69, 9.17) is 9.47 Å². The SMILES string of the molecule is COc1ccc(C2(c3ccc(OC)cc3)c3cc(-c4ccc5c(c4)c4ccccc4n5C)ccc3-c3ccc(-c4ccc5c(c4)c4ccccc4n5C)cc32)cc1. The predicted molar refractivity (Wildman–Crippen MR) is 236 cm³/mol. The Hall–Kier alpha value is -7.04. The van der Waals surface area contributed by atoms with Crippen molar-refractivity contribution in [1.82, 2.24) is 9.13 Å². The lowest BCUT2D eigenvalue weighted by molar-refractivity contribution is 0.414. The number of aromatic nitrogens is 2. The van der Waals surface area contributed by atoms with E-state index in [2.05, 4.69) is 193 Å². The fourth-order valence-corrected chi connectivity index (χ4v) is 9.85. The van der Waals surface area contributed by atoms with Crippen molar-refractivity contribution in [2.75, 3.05) is 14.2 Å². The Kier molecular flexibility index (Phi) is 7.30. The molecule has 8 aromatic carbocycles. The van der Waals surface area contributed by atoms with E-state index in [1.165, 1.54) is 99.2 Å². The van der Waals surface area contributed by atoms with Gasteiger partial charge in [-0.1, -0.05) is 97.1 Å². The fraction of sp³-hybridized carbons (Fsp3) is 0.0943. The van der Waals surface area contributed by atoms with E-state index in [0.717, 1.165) is 11.5 Å². The first-order chi connectivity index (χ1) is 28.0. The summed E-state index contributed by atoms with van der Waals surface area (Å²) in [4.78, 5) is 0. The highest BCUT2D eigenvalue weighted by atomic mass is 16.5. The van der Waals surface area contributed by atoms with Crippen LogP contribution in [0.5, 0.6) is 11.5 Å². The monoisotopic (exact) mass is 736 g/mol. The molecule has 0 saturated heterocycles. The number of aryl methyl sites for hydroxylation is 2. The summed E-state index contributed by atoms with van der Waals surface area (Å²) >= 11 is 0. The van der Waals surface area contributed by atoms with Crippen LogP contribution in [-0.4, -0.2) is 23.4 Å². The van der Waals surface area contributed by atoms with Crippen LogP contribution in [-0.2, 0) is 19.5 Å². The summed E-state index contributed by atoms with van der Waals surface area (Å²) < 4.78 is 16.0. The second-order valence-electron chi connectivity index (χ2n) is 15.3. The van der Waals surface area contributed by atoms with E-state index < -0.39 is 5.41 Å². The fourth-order valence-electron chi connectivity index (χ4n) is 9.85. The Morgan fingerprint density at radius 3 is 1.16 bits per heavy atom. The molecular weight excluding hydrogens is 697 g/mol. The predicted octanol–water partition coefficient (Wildman–Crippen LogP) is 12.7. The number of rotatable bonds is 6. The zero-order valence-electron chi connectivity index (χ0n) is 32.4. The molecule has 0 saturated carbocycles. The van der Waals surface area contributed by atoms with Crippen LogP contribution in [0.3, 0.4) is 0 Å². The molecule has 1 aliphatic carbocycles. The number of methoxy groups -OCH3 is 2. The first kappa shape index (κ1) is 33.3. The van der Waals surface area contributed by atoms with Crippen molar-refractivity contribution >= 4 is 43.6 Å². The van der Waals surface area contributed by atoms with Crippen LogP contribution in [0.4, 0.5) is 0 Å². The van der Waals surface area contributed by atoms with Gasteiger partial charge < -0.3 is 18.6 Å². The largest absolute Gasteiger partial charge is 0.497 e. The molecule has 0 aliphatic heterocycles. The van der Waals surface area contributed by atoms with Crippen molar-refractivity contribution in [1.29, 1.82) is 0 Å². The van der Waals surface area contributed by atoms with Crippen molar-refractivity contribution in [2.45, 2.75) is 5.41 Å². The Morgan fingerprint density at radius 2 is 0.737 bits per heavy atom. The summed E-state index contributed by atoms with van der Waals surface area (Å²) in [5.74, 6) is 1.66. The summed E-state index contributed by atoms with van der Waals surface area (Å²) in [6.45, 7) is 0. The number of hydrogen-bond donors (Lipinski definition) is 0. The molecule has 11 rings (SSSR count). The Bertz CT molecular complexity index is 3000. The van der Waals surface area contributed by atoms with Gasteiger partial charge in [-0.2, -0.15) is 0 Å². The summed E-state index contributed by atoms with van der Waals surface area (Å²) in [5, 5.41) is 5.06. The standard InChI is InChI=1S/C53H40N2O2/c1-54-49-11-7-5-9-43(49)45-29-33(15-27-51(45)54)35-13-25-41-42-26-14-36(34-16-28-52-46(30-34)44-10-6-8-12-50(44)55(52)2)32-48(42)53(47(41)31-35,37-17-21-39(56-3)22-18-37)38-19-23-40(57-4)24-20-38/h5-32H,1-4H3. The molecule has 0 unspecified atom stereocenters. The molecule has 2 heterocycles. The van der Waals surface area contributed by atoms with Gasteiger partial charge in [0.1, 0.15) is 11.5 Å². The summed E-state index contributed by atoms with van der Waals surface area (Å²) in [6, 6.07) is 62.7. The van der Waals surface area contributed by atoms with Gasteiger partial charge in [-0.15, -0.1) is 0 Å². The lowest BCUT2D eigenvalue weighted by Gasteiger charge is -2.34. The minimum Gasteiger partial charge on any atom is -0.497 e. The number of para-hydroxylation sites is 2. The van der Waals surface area contributed by atoms with Crippen molar-refractivity contribution in [2.24, 2.45) is 14.1 Å². The topological polar surface area (TPSA) is 28.3 Å².